The van der Waals surface area contributed by atoms with Crippen LogP contribution in [0.2, 0.25) is 0 Å². The molecule has 1 aromatic rings. The highest BCUT2D eigenvalue weighted by Crippen LogP contribution is 2.44. The Labute approximate surface area is 139 Å². The minimum atomic E-state index is -0.171. The maximum atomic E-state index is 13.0. The van der Waals surface area contributed by atoms with Crippen molar-refractivity contribution in [1.82, 2.24) is 5.32 Å². The molecule has 1 aliphatic carbocycles. The number of carbonyl (C=O) groups is 1. The van der Waals surface area contributed by atoms with E-state index in [1.165, 1.54) is 12.8 Å². The lowest BCUT2D eigenvalue weighted by atomic mass is 9.77. The Morgan fingerprint density at radius 3 is 2.87 bits per heavy atom. The summed E-state index contributed by atoms with van der Waals surface area (Å²) in [4.78, 5) is 13.0. The Morgan fingerprint density at radius 1 is 1.35 bits per heavy atom. The first kappa shape index (κ1) is 16.3. The molecular weight excluding hydrogens is 288 g/mol. The molecule has 0 spiro atoms. The molecule has 2 aliphatic rings. The number of rotatable bonds is 4. The van der Waals surface area contributed by atoms with E-state index in [0.29, 0.717) is 12.5 Å². The summed E-state index contributed by atoms with van der Waals surface area (Å²) in [5.74, 6) is 1.67. The van der Waals surface area contributed by atoms with Crippen LogP contribution in [-0.4, -0.2) is 19.1 Å². The molecule has 1 aromatic carbocycles. The highest BCUT2D eigenvalue weighted by Gasteiger charge is 2.41. The molecule has 0 radical (unpaired) electrons. The molecule has 4 heteroatoms. The number of hydrogen-bond donors (Lipinski definition) is 2. The molecule has 0 aromatic heterocycles. The standard InChI is InChI=1S/C19H28N2O2/c1-14(2)12-19(7-3-4-8-19)18(22)21-16-5-6-17-15(11-16)13-20-9-10-23-17/h5-6,11,14,20H,3-4,7-10,12-13H2,1-2H3,(H,21,22). The third-order valence-electron chi connectivity index (χ3n) is 5.01. The van der Waals surface area contributed by atoms with Gasteiger partial charge < -0.3 is 15.4 Å². The van der Waals surface area contributed by atoms with Crippen LogP contribution in [-0.2, 0) is 11.3 Å². The van der Waals surface area contributed by atoms with Gasteiger partial charge in [0.1, 0.15) is 12.4 Å². The van der Waals surface area contributed by atoms with Gasteiger partial charge in [0.25, 0.3) is 0 Å². The van der Waals surface area contributed by atoms with E-state index in [1.807, 2.05) is 18.2 Å². The van der Waals surface area contributed by atoms with E-state index in [-0.39, 0.29) is 11.3 Å². The van der Waals surface area contributed by atoms with Crippen molar-refractivity contribution in [2.24, 2.45) is 11.3 Å². The molecule has 1 saturated carbocycles. The van der Waals surface area contributed by atoms with Crippen molar-refractivity contribution in [1.29, 1.82) is 0 Å². The molecule has 0 bridgehead atoms. The summed E-state index contributed by atoms with van der Waals surface area (Å²) < 4.78 is 5.71. The van der Waals surface area contributed by atoms with E-state index >= 15 is 0 Å². The fourth-order valence-corrected chi connectivity index (χ4v) is 4.01. The fraction of sp³-hybridized carbons (Fsp3) is 0.632. The van der Waals surface area contributed by atoms with Crippen LogP contribution >= 0.6 is 0 Å². The summed E-state index contributed by atoms with van der Waals surface area (Å²) in [6, 6.07) is 5.98. The van der Waals surface area contributed by atoms with Crippen LogP contribution in [0.15, 0.2) is 18.2 Å². The van der Waals surface area contributed by atoms with Crippen LogP contribution in [0.1, 0.15) is 51.5 Å². The highest BCUT2D eigenvalue weighted by atomic mass is 16.5. The van der Waals surface area contributed by atoms with Gasteiger partial charge in [-0.15, -0.1) is 0 Å². The molecular formula is C19H28N2O2. The van der Waals surface area contributed by atoms with Crippen molar-refractivity contribution in [3.8, 4) is 5.75 Å². The lowest BCUT2D eigenvalue weighted by Crippen LogP contribution is -2.35. The summed E-state index contributed by atoms with van der Waals surface area (Å²) in [6.45, 7) is 6.75. The average Bonchev–Trinajstić information content (AvgIpc) is 2.85. The van der Waals surface area contributed by atoms with E-state index in [1.54, 1.807) is 0 Å². The summed E-state index contributed by atoms with van der Waals surface area (Å²) >= 11 is 0. The zero-order valence-corrected chi connectivity index (χ0v) is 14.3. The molecule has 0 atom stereocenters. The third kappa shape index (κ3) is 3.69. The second-order valence-corrected chi connectivity index (χ2v) is 7.39. The summed E-state index contributed by atoms with van der Waals surface area (Å²) in [5.41, 5.74) is 1.83. The summed E-state index contributed by atoms with van der Waals surface area (Å²) in [6.07, 6.45) is 5.36. The number of ether oxygens (including phenoxy) is 1. The first-order chi connectivity index (χ1) is 11.1. The predicted molar refractivity (Wildman–Crippen MR) is 92.6 cm³/mol. The van der Waals surface area contributed by atoms with Crippen molar-refractivity contribution in [2.75, 3.05) is 18.5 Å². The Bertz CT molecular complexity index is 562. The molecule has 1 fully saturated rings. The minimum absolute atomic E-state index is 0.171. The van der Waals surface area contributed by atoms with Crippen molar-refractivity contribution in [3.63, 3.8) is 0 Å². The number of carbonyl (C=O) groups excluding carboxylic acids is 1. The maximum Gasteiger partial charge on any atom is 0.230 e. The van der Waals surface area contributed by atoms with E-state index in [0.717, 1.165) is 49.4 Å². The molecule has 2 N–H and O–H groups in total. The van der Waals surface area contributed by atoms with Crippen molar-refractivity contribution in [2.45, 2.75) is 52.5 Å². The second-order valence-electron chi connectivity index (χ2n) is 7.39. The lowest BCUT2D eigenvalue weighted by molar-refractivity contribution is -0.126. The molecule has 1 aliphatic heterocycles. The number of benzene rings is 1. The van der Waals surface area contributed by atoms with Gasteiger partial charge in [-0.3, -0.25) is 4.79 Å². The van der Waals surface area contributed by atoms with Gasteiger partial charge in [-0.05, 0) is 43.4 Å². The van der Waals surface area contributed by atoms with Gasteiger partial charge in [0, 0.05) is 29.8 Å². The van der Waals surface area contributed by atoms with Gasteiger partial charge in [0.2, 0.25) is 5.91 Å². The van der Waals surface area contributed by atoms with Crippen LogP contribution in [0, 0.1) is 11.3 Å². The van der Waals surface area contributed by atoms with E-state index in [2.05, 4.69) is 24.5 Å². The van der Waals surface area contributed by atoms with E-state index in [9.17, 15) is 4.79 Å². The van der Waals surface area contributed by atoms with Gasteiger partial charge in [-0.2, -0.15) is 0 Å². The quantitative estimate of drug-likeness (QED) is 0.890. The maximum absolute atomic E-state index is 13.0. The number of anilines is 1. The molecule has 126 valence electrons. The topological polar surface area (TPSA) is 50.4 Å². The van der Waals surface area contributed by atoms with Crippen LogP contribution in [0.3, 0.4) is 0 Å². The summed E-state index contributed by atoms with van der Waals surface area (Å²) in [7, 11) is 0. The average molecular weight is 316 g/mol. The molecule has 0 saturated heterocycles. The van der Waals surface area contributed by atoms with Gasteiger partial charge >= 0.3 is 0 Å². The molecule has 1 heterocycles. The molecule has 0 unspecified atom stereocenters. The fourth-order valence-electron chi connectivity index (χ4n) is 4.01. The van der Waals surface area contributed by atoms with Crippen LogP contribution < -0.4 is 15.4 Å². The zero-order valence-electron chi connectivity index (χ0n) is 14.3. The first-order valence-corrected chi connectivity index (χ1v) is 8.87. The zero-order chi connectivity index (χ0) is 16.3. The largest absolute Gasteiger partial charge is 0.492 e. The monoisotopic (exact) mass is 316 g/mol. The van der Waals surface area contributed by atoms with Gasteiger partial charge in [-0.1, -0.05) is 26.7 Å². The molecule has 23 heavy (non-hydrogen) atoms. The Hall–Kier alpha value is -1.55. The van der Waals surface area contributed by atoms with Crippen LogP contribution in [0.25, 0.3) is 0 Å². The minimum Gasteiger partial charge on any atom is -0.492 e. The Balaban J connectivity index is 1.75. The molecule has 1 amide bonds. The van der Waals surface area contributed by atoms with Crippen molar-refractivity contribution < 1.29 is 9.53 Å². The second kappa shape index (κ2) is 6.91. The number of amides is 1. The van der Waals surface area contributed by atoms with Gasteiger partial charge in [0.15, 0.2) is 0 Å². The third-order valence-corrected chi connectivity index (χ3v) is 5.01. The lowest BCUT2D eigenvalue weighted by Gasteiger charge is -2.29. The van der Waals surface area contributed by atoms with Crippen molar-refractivity contribution >= 4 is 11.6 Å². The highest BCUT2D eigenvalue weighted by molar-refractivity contribution is 5.95. The van der Waals surface area contributed by atoms with Crippen LogP contribution in [0.4, 0.5) is 5.69 Å². The van der Waals surface area contributed by atoms with Crippen LogP contribution in [0.5, 0.6) is 5.75 Å². The van der Waals surface area contributed by atoms with Crippen molar-refractivity contribution in [3.05, 3.63) is 23.8 Å². The smallest absolute Gasteiger partial charge is 0.230 e. The first-order valence-electron chi connectivity index (χ1n) is 8.87. The molecule has 4 nitrogen and oxygen atoms in total. The SMILES string of the molecule is CC(C)CC1(C(=O)Nc2ccc3c(c2)CNCCO3)CCCC1. The number of nitrogens with one attached hydrogen (secondary N) is 2. The molecule has 3 rings (SSSR count). The number of fused-ring (bicyclic) bond motifs is 1. The van der Waals surface area contributed by atoms with Gasteiger partial charge in [-0.25, -0.2) is 0 Å². The van der Waals surface area contributed by atoms with E-state index in [4.69, 9.17) is 4.74 Å². The number of hydrogen-bond acceptors (Lipinski definition) is 3. The normalized spacial score (nSPS) is 19.8. The van der Waals surface area contributed by atoms with Gasteiger partial charge in [0.05, 0.1) is 0 Å². The predicted octanol–water partition coefficient (Wildman–Crippen LogP) is 3.71. The summed E-state index contributed by atoms with van der Waals surface area (Å²) in [5, 5.41) is 6.51. The Kier molecular flexibility index (Phi) is 4.90. The van der Waals surface area contributed by atoms with E-state index < -0.39 is 0 Å². The Morgan fingerprint density at radius 2 is 2.13 bits per heavy atom.